The number of rotatable bonds is 3. The van der Waals surface area contributed by atoms with Gasteiger partial charge in [0.15, 0.2) is 0 Å². The van der Waals surface area contributed by atoms with Crippen molar-refractivity contribution in [1.82, 2.24) is 0 Å². The summed E-state index contributed by atoms with van der Waals surface area (Å²) in [6.45, 7) is 3.84. The molecule has 0 saturated carbocycles. The summed E-state index contributed by atoms with van der Waals surface area (Å²) >= 11 is 0. The van der Waals surface area contributed by atoms with E-state index in [0.29, 0.717) is 18.4 Å². The Morgan fingerprint density at radius 2 is 2.20 bits per heavy atom. The molecule has 0 radical (unpaired) electrons. The molecule has 1 rings (SSSR count). The van der Waals surface area contributed by atoms with Gasteiger partial charge in [0.05, 0.1) is 13.0 Å². The zero-order valence-corrected chi connectivity index (χ0v) is 9.29. The van der Waals surface area contributed by atoms with Gasteiger partial charge < -0.3 is 10.2 Å². The molecule has 15 heavy (non-hydrogen) atoms. The van der Waals surface area contributed by atoms with E-state index in [1.165, 1.54) is 5.57 Å². The molecule has 1 aliphatic rings. The summed E-state index contributed by atoms with van der Waals surface area (Å²) < 4.78 is 0. The van der Waals surface area contributed by atoms with E-state index >= 15 is 0 Å². The molecule has 84 valence electrons. The Kier molecular flexibility index (Phi) is 4.09. The van der Waals surface area contributed by atoms with Gasteiger partial charge in [0.1, 0.15) is 11.5 Å². The molecule has 1 atom stereocenters. The number of carbonyl (C=O) groups excluding carboxylic acids is 1. The average molecular weight is 210 g/mol. The zero-order chi connectivity index (χ0) is 11.4. The maximum atomic E-state index is 11.6. The lowest BCUT2D eigenvalue weighted by Crippen LogP contribution is -2.22. The van der Waals surface area contributed by atoms with Crippen LogP contribution in [0.5, 0.6) is 0 Å². The van der Waals surface area contributed by atoms with E-state index < -0.39 is 0 Å². The van der Waals surface area contributed by atoms with Crippen LogP contribution in [0.3, 0.4) is 0 Å². The molecule has 0 aliphatic heterocycles. The van der Waals surface area contributed by atoms with E-state index in [9.17, 15) is 9.90 Å². The van der Waals surface area contributed by atoms with Gasteiger partial charge in [0.2, 0.25) is 0 Å². The summed E-state index contributed by atoms with van der Waals surface area (Å²) in [5.41, 5.74) is 1.80. The first-order valence-electron chi connectivity index (χ1n) is 5.21. The highest BCUT2D eigenvalue weighted by Gasteiger charge is 2.26. The van der Waals surface area contributed by atoms with Crippen LogP contribution in [0.25, 0.3) is 0 Å². The minimum Gasteiger partial charge on any atom is -0.512 e. The van der Waals surface area contributed by atoms with Crippen LogP contribution in [0, 0.1) is 5.92 Å². The molecule has 0 heterocycles. The Bertz CT molecular complexity index is 309. The van der Waals surface area contributed by atoms with E-state index in [0.717, 1.165) is 0 Å². The smallest absolute Gasteiger partial charge is 0.144 e. The molecular weight excluding hydrogens is 192 g/mol. The molecule has 0 saturated heterocycles. The van der Waals surface area contributed by atoms with Crippen molar-refractivity contribution < 1.29 is 15.0 Å². The molecular formula is C12H18O3. The number of ketones is 1. The average Bonchev–Trinajstić information content (AvgIpc) is 2.16. The van der Waals surface area contributed by atoms with E-state index in [2.05, 4.69) is 0 Å². The standard InChI is InChI=1S/C12H18O3/c1-8(2)3-4-9-5-10(7-13)12(15)6-11(9)14/h3,9,13,15H,4-7H2,1-2H3/t9-/m1/s1. The molecule has 0 aromatic rings. The van der Waals surface area contributed by atoms with Gasteiger partial charge in [-0.15, -0.1) is 0 Å². The molecule has 2 N–H and O–H groups in total. The van der Waals surface area contributed by atoms with Crippen LogP contribution in [0.1, 0.15) is 33.1 Å². The van der Waals surface area contributed by atoms with Gasteiger partial charge in [-0.3, -0.25) is 4.79 Å². The minimum absolute atomic E-state index is 0.0657. The summed E-state index contributed by atoms with van der Waals surface area (Å²) in [4.78, 5) is 11.6. The third-order valence-corrected chi connectivity index (χ3v) is 2.70. The molecule has 3 heteroatoms. The van der Waals surface area contributed by atoms with Crippen molar-refractivity contribution in [3.63, 3.8) is 0 Å². The maximum Gasteiger partial charge on any atom is 0.144 e. The normalized spacial score (nSPS) is 21.8. The second kappa shape index (κ2) is 5.12. The van der Waals surface area contributed by atoms with Crippen LogP contribution >= 0.6 is 0 Å². The van der Waals surface area contributed by atoms with E-state index in [1.807, 2.05) is 19.9 Å². The number of aliphatic hydroxyl groups excluding tert-OH is 2. The Morgan fingerprint density at radius 1 is 1.53 bits per heavy atom. The predicted octanol–water partition coefficient (Wildman–Crippen LogP) is 2.13. The number of hydrogen-bond donors (Lipinski definition) is 2. The van der Waals surface area contributed by atoms with Crippen LogP contribution in [-0.4, -0.2) is 22.6 Å². The lowest BCUT2D eigenvalue weighted by atomic mass is 9.84. The molecule has 0 amide bonds. The third kappa shape index (κ3) is 3.20. The Hall–Kier alpha value is -1.09. The van der Waals surface area contributed by atoms with E-state index in [1.54, 1.807) is 0 Å². The topological polar surface area (TPSA) is 57.5 Å². The van der Waals surface area contributed by atoms with Crippen LogP contribution < -0.4 is 0 Å². The number of aliphatic hydroxyl groups is 2. The number of carbonyl (C=O) groups is 1. The van der Waals surface area contributed by atoms with Crippen LogP contribution in [0.15, 0.2) is 23.0 Å². The maximum absolute atomic E-state index is 11.6. The summed E-state index contributed by atoms with van der Waals surface area (Å²) in [5.74, 6) is 0.0658. The molecule has 1 aliphatic carbocycles. The Balaban J connectivity index is 2.70. The van der Waals surface area contributed by atoms with Gasteiger partial charge in [-0.1, -0.05) is 11.6 Å². The highest BCUT2D eigenvalue weighted by Crippen LogP contribution is 2.27. The highest BCUT2D eigenvalue weighted by atomic mass is 16.3. The molecule has 0 fully saturated rings. The zero-order valence-electron chi connectivity index (χ0n) is 9.29. The highest BCUT2D eigenvalue weighted by molar-refractivity contribution is 5.84. The molecule has 0 aromatic carbocycles. The summed E-state index contributed by atoms with van der Waals surface area (Å²) in [7, 11) is 0. The van der Waals surface area contributed by atoms with Gasteiger partial charge in [-0.05, 0) is 32.3 Å². The quantitative estimate of drug-likeness (QED) is 0.701. The van der Waals surface area contributed by atoms with Gasteiger partial charge in [-0.25, -0.2) is 0 Å². The minimum atomic E-state index is -0.148. The van der Waals surface area contributed by atoms with Crippen molar-refractivity contribution in [2.75, 3.05) is 6.61 Å². The molecule has 3 nitrogen and oxygen atoms in total. The first kappa shape index (κ1) is 12.0. The summed E-state index contributed by atoms with van der Waals surface area (Å²) in [6.07, 6.45) is 3.31. The molecule has 0 bridgehead atoms. The predicted molar refractivity (Wildman–Crippen MR) is 58.5 cm³/mol. The molecule has 0 spiro atoms. The van der Waals surface area contributed by atoms with Gasteiger partial charge >= 0.3 is 0 Å². The first-order chi connectivity index (χ1) is 7.04. The Labute approximate surface area is 90.1 Å². The lowest BCUT2D eigenvalue weighted by molar-refractivity contribution is -0.123. The van der Waals surface area contributed by atoms with Crippen molar-refractivity contribution in [2.24, 2.45) is 5.92 Å². The van der Waals surface area contributed by atoms with Crippen molar-refractivity contribution in [2.45, 2.75) is 33.1 Å². The van der Waals surface area contributed by atoms with E-state index in [4.69, 9.17) is 5.11 Å². The van der Waals surface area contributed by atoms with Crippen molar-refractivity contribution >= 4 is 5.78 Å². The Morgan fingerprint density at radius 3 is 2.73 bits per heavy atom. The fourth-order valence-corrected chi connectivity index (χ4v) is 1.71. The van der Waals surface area contributed by atoms with Gasteiger partial charge in [0, 0.05) is 5.92 Å². The van der Waals surface area contributed by atoms with Crippen molar-refractivity contribution in [1.29, 1.82) is 0 Å². The first-order valence-corrected chi connectivity index (χ1v) is 5.21. The van der Waals surface area contributed by atoms with Gasteiger partial charge in [0.25, 0.3) is 0 Å². The van der Waals surface area contributed by atoms with Gasteiger partial charge in [-0.2, -0.15) is 0 Å². The lowest BCUT2D eigenvalue weighted by Gasteiger charge is -2.21. The van der Waals surface area contributed by atoms with E-state index in [-0.39, 0.29) is 30.5 Å². The number of hydrogen-bond acceptors (Lipinski definition) is 3. The second-order valence-corrected chi connectivity index (χ2v) is 4.27. The fourth-order valence-electron chi connectivity index (χ4n) is 1.71. The third-order valence-electron chi connectivity index (χ3n) is 2.70. The molecule has 0 unspecified atom stereocenters. The number of Topliss-reactive ketones (excluding diaryl/α,β-unsaturated/α-hetero) is 1. The SMILES string of the molecule is CC(C)=CC[C@@H]1CC(CO)=C(O)CC1=O. The van der Waals surface area contributed by atoms with Crippen LogP contribution in [0.4, 0.5) is 0 Å². The molecule has 0 aromatic heterocycles. The largest absolute Gasteiger partial charge is 0.512 e. The second-order valence-electron chi connectivity index (χ2n) is 4.27. The van der Waals surface area contributed by atoms with Crippen molar-refractivity contribution in [3.8, 4) is 0 Å². The summed E-state index contributed by atoms with van der Waals surface area (Å²) in [6, 6.07) is 0. The summed E-state index contributed by atoms with van der Waals surface area (Å²) in [5, 5.41) is 18.4. The van der Waals surface area contributed by atoms with Crippen molar-refractivity contribution in [3.05, 3.63) is 23.0 Å². The number of allylic oxidation sites excluding steroid dienone is 3. The fraction of sp³-hybridized carbons (Fsp3) is 0.583. The monoisotopic (exact) mass is 210 g/mol. The van der Waals surface area contributed by atoms with Crippen LogP contribution in [-0.2, 0) is 4.79 Å². The van der Waals surface area contributed by atoms with Crippen LogP contribution in [0.2, 0.25) is 0 Å².